The number of nitrogens with one attached hydrogen (secondary N) is 1. The van der Waals surface area contributed by atoms with E-state index in [-0.39, 0.29) is 23.7 Å². The zero-order valence-electron chi connectivity index (χ0n) is 16.0. The average Bonchev–Trinajstić information content (AvgIpc) is 3.12. The Morgan fingerprint density at radius 1 is 1.19 bits per heavy atom. The summed E-state index contributed by atoms with van der Waals surface area (Å²) in [7, 11) is 0. The van der Waals surface area contributed by atoms with Gasteiger partial charge in [-0.1, -0.05) is 37.2 Å². The van der Waals surface area contributed by atoms with Gasteiger partial charge in [-0.15, -0.1) is 0 Å². The smallest absolute Gasteiger partial charge is 0.251 e. The van der Waals surface area contributed by atoms with E-state index in [9.17, 15) is 9.59 Å². The molecule has 0 saturated carbocycles. The topological polar surface area (TPSA) is 88.3 Å². The molecule has 7 heteroatoms. The number of carbonyl (C=O) groups excluding carboxylic acids is 2. The molecule has 7 nitrogen and oxygen atoms in total. The first kappa shape index (κ1) is 19.1. The second-order valence-electron chi connectivity index (χ2n) is 7.34. The molecule has 1 saturated heterocycles. The Morgan fingerprint density at radius 3 is 2.41 bits per heavy atom. The van der Waals surface area contributed by atoms with Gasteiger partial charge in [0, 0.05) is 24.6 Å². The molecule has 1 aromatic heterocycles. The Kier molecular flexibility index (Phi) is 5.88. The number of aromatic nitrogens is 2. The van der Waals surface area contributed by atoms with Crippen LogP contribution in [0.1, 0.15) is 54.7 Å². The molecule has 1 unspecified atom stereocenters. The highest BCUT2D eigenvalue weighted by Gasteiger charge is 2.33. The number of piperidine rings is 1. The van der Waals surface area contributed by atoms with Crippen LogP contribution >= 0.6 is 0 Å². The number of benzene rings is 1. The summed E-state index contributed by atoms with van der Waals surface area (Å²) in [5.74, 6) is 1.21. The highest BCUT2D eigenvalue weighted by molar-refractivity contribution is 5.97. The predicted octanol–water partition coefficient (Wildman–Crippen LogP) is 2.54. The molecule has 0 spiro atoms. The highest BCUT2D eigenvalue weighted by atomic mass is 16.5. The molecular formula is C20H26N4O3. The maximum atomic E-state index is 13.0. The summed E-state index contributed by atoms with van der Waals surface area (Å²) in [6, 6.07) is 8.43. The number of amides is 2. The summed E-state index contributed by atoms with van der Waals surface area (Å²) in [6.45, 7) is 6.93. The second-order valence-corrected chi connectivity index (χ2v) is 7.34. The normalized spacial score (nSPS) is 16.4. The number of aryl methyl sites for hydroxylation is 1. The molecule has 1 aliphatic heterocycles. The molecule has 1 fully saturated rings. The maximum Gasteiger partial charge on any atom is 0.251 e. The van der Waals surface area contributed by atoms with E-state index in [2.05, 4.69) is 15.5 Å². The summed E-state index contributed by atoms with van der Waals surface area (Å²) >= 11 is 0. The van der Waals surface area contributed by atoms with Crippen LogP contribution < -0.4 is 5.32 Å². The third kappa shape index (κ3) is 4.53. The fraction of sp³-hybridized carbons (Fsp3) is 0.500. The molecule has 0 radical (unpaired) electrons. The number of hydrogen-bond donors (Lipinski definition) is 1. The molecule has 1 N–H and O–H groups in total. The van der Waals surface area contributed by atoms with Crippen LogP contribution in [0, 0.1) is 12.8 Å². The largest absolute Gasteiger partial charge is 0.341 e. The van der Waals surface area contributed by atoms with Crippen molar-refractivity contribution in [3.05, 3.63) is 47.6 Å². The molecule has 1 aliphatic rings. The van der Waals surface area contributed by atoms with Gasteiger partial charge in [-0.05, 0) is 37.8 Å². The molecule has 0 aliphatic carbocycles. The standard InChI is InChI=1S/C20H26N4O3/c1-13(2)17(22-18(25)15-7-5-4-6-8-15)20(26)24-11-9-16(10-12-24)19-21-14(3)23-27-19/h4-8,13,16-17H,9-12H2,1-3H3,(H,22,25). The minimum Gasteiger partial charge on any atom is -0.341 e. The fourth-order valence-electron chi connectivity index (χ4n) is 3.35. The lowest BCUT2D eigenvalue weighted by molar-refractivity contribution is -0.135. The van der Waals surface area contributed by atoms with Gasteiger partial charge < -0.3 is 14.7 Å². The van der Waals surface area contributed by atoms with E-state index in [1.54, 1.807) is 19.1 Å². The lowest BCUT2D eigenvalue weighted by Crippen LogP contribution is -2.52. The van der Waals surface area contributed by atoms with Crippen LogP contribution in [0.15, 0.2) is 34.9 Å². The van der Waals surface area contributed by atoms with Crippen molar-refractivity contribution in [2.75, 3.05) is 13.1 Å². The Labute approximate surface area is 159 Å². The van der Waals surface area contributed by atoms with E-state index >= 15 is 0 Å². The van der Waals surface area contributed by atoms with Gasteiger partial charge in [0.05, 0.1) is 0 Å². The van der Waals surface area contributed by atoms with Gasteiger partial charge in [0.1, 0.15) is 6.04 Å². The first-order chi connectivity index (χ1) is 13.0. The number of rotatable bonds is 5. The summed E-state index contributed by atoms with van der Waals surface area (Å²) in [4.78, 5) is 31.6. The van der Waals surface area contributed by atoms with E-state index in [1.807, 2.05) is 36.9 Å². The third-order valence-corrected chi connectivity index (χ3v) is 4.95. The Balaban J connectivity index is 1.61. The van der Waals surface area contributed by atoms with E-state index < -0.39 is 6.04 Å². The van der Waals surface area contributed by atoms with Gasteiger partial charge in [-0.3, -0.25) is 9.59 Å². The molecule has 0 bridgehead atoms. The Bertz CT molecular complexity index is 780. The summed E-state index contributed by atoms with van der Waals surface area (Å²) < 4.78 is 5.27. The van der Waals surface area contributed by atoms with Crippen LogP contribution in [0.25, 0.3) is 0 Å². The molecule has 2 heterocycles. The molecule has 1 atom stereocenters. The van der Waals surface area contributed by atoms with Crippen molar-refractivity contribution in [2.24, 2.45) is 5.92 Å². The summed E-state index contributed by atoms with van der Waals surface area (Å²) in [5, 5.41) is 6.75. The number of carbonyl (C=O) groups is 2. The zero-order chi connectivity index (χ0) is 19.4. The van der Waals surface area contributed by atoms with Gasteiger partial charge in [-0.25, -0.2) is 0 Å². The van der Waals surface area contributed by atoms with Gasteiger partial charge >= 0.3 is 0 Å². The lowest BCUT2D eigenvalue weighted by Gasteiger charge is -2.34. The van der Waals surface area contributed by atoms with Gasteiger partial charge in [0.25, 0.3) is 5.91 Å². The highest BCUT2D eigenvalue weighted by Crippen LogP contribution is 2.27. The minimum absolute atomic E-state index is 0.00137. The van der Waals surface area contributed by atoms with Crippen molar-refractivity contribution in [3.8, 4) is 0 Å². The van der Waals surface area contributed by atoms with Crippen molar-refractivity contribution >= 4 is 11.8 Å². The Morgan fingerprint density at radius 2 is 1.85 bits per heavy atom. The van der Waals surface area contributed by atoms with Gasteiger partial charge in [0.15, 0.2) is 5.82 Å². The quantitative estimate of drug-likeness (QED) is 0.874. The lowest BCUT2D eigenvalue weighted by atomic mass is 9.95. The molecule has 2 amide bonds. The van der Waals surface area contributed by atoms with Crippen molar-refractivity contribution in [1.29, 1.82) is 0 Å². The van der Waals surface area contributed by atoms with Crippen molar-refractivity contribution in [2.45, 2.75) is 45.6 Å². The predicted molar refractivity (Wildman–Crippen MR) is 100 cm³/mol. The van der Waals surface area contributed by atoms with Crippen LogP contribution in [-0.4, -0.2) is 46.0 Å². The summed E-state index contributed by atoms with van der Waals surface area (Å²) in [5.41, 5.74) is 0.557. The monoisotopic (exact) mass is 370 g/mol. The van der Waals surface area contributed by atoms with Crippen LogP contribution in [0.2, 0.25) is 0 Å². The summed E-state index contributed by atoms with van der Waals surface area (Å²) in [6.07, 6.45) is 1.57. The minimum atomic E-state index is -0.542. The molecule has 3 rings (SSSR count). The van der Waals surface area contributed by atoms with Gasteiger partial charge in [-0.2, -0.15) is 4.98 Å². The Hall–Kier alpha value is -2.70. The number of nitrogens with zero attached hydrogens (tertiary/aromatic N) is 3. The van der Waals surface area contributed by atoms with E-state index in [1.165, 1.54) is 0 Å². The van der Waals surface area contributed by atoms with E-state index in [4.69, 9.17) is 4.52 Å². The molecule has 144 valence electrons. The first-order valence-corrected chi connectivity index (χ1v) is 9.40. The van der Waals surface area contributed by atoms with E-state index in [0.717, 1.165) is 12.8 Å². The van der Waals surface area contributed by atoms with Crippen LogP contribution in [0.3, 0.4) is 0 Å². The van der Waals surface area contributed by atoms with Crippen molar-refractivity contribution < 1.29 is 14.1 Å². The second kappa shape index (κ2) is 8.33. The van der Waals surface area contributed by atoms with Crippen LogP contribution in [-0.2, 0) is 4.79 Å². The fourth-order valence-corrected chi connectivity index (χ4v) is 3.35. The van der Waals surface area contributed by atoms with Crippen molar-refractivity contribution in [3.63, 3.8) is 0 Å². The van der Waals surface area contributed by atoms with Crippen LogP contribution in [0.4, 0.5) is 0 Å². The molecule has 27 heavy (non-hydrogen) atoms. The SMILES string of the molecule is Cc1noc(C2CCN(C(=O)C(NC(=O)c3ccccc3)C(C)C)CC2)n1. The maximum absolute atomic E-state index is 13.0. The first-order valence-electron chi connectivity index (χ1n) is 9.40. The van der Waals surface area contributed by atoms with Crippen LogP contribution in [0.5, 0.6) is 0 Å². The number of likely N-dealkylation sites (tertiary alicyclic amines) is 1. The van der Waals surface area contributed by atoms with E-state index in [0.29, 0.717) is 30.4 Å². The molecular weight excluding hydrogens is 344 g/mol. The van der Waals surface area contributed by atoms with Crippen molar-refractivity contribution in [1.82, 2.24) is 20.4 Å². The van der Waals surface area contributed by atoms with Gasteiger partial charge in [0.2, 0.25) is 11.8 Å². The third-order valence-electron chi connectivity index (χ3n) is 4.95. The average molecular weight is 370 g/mol. The molecule has 2 aromatic rings. The zero-order valence-corrected chi connectivity index (χ0v) is 16.0. The molecule has 1 aromatic carbocycles. The number of hydrogen-bond acceptors (Lipinski definition) is 5.